The Morgan fingerprint density at radius 2 is 2.17 bits per heavy atom. The van der Waals surface area contributed by atoms with E-state index in [4.69, 9.17) is 0 Å². The Labute approximate surface area is 144 Å². The number of aromatic nitrogens is 4. The molecule has 1 aromatic carbocycles. The van der Waals surface area contributed by atoms with Crippen molar-refractivity contribution in [2.75, 3.05) is 5.32 Å². The molecular weight excluding hydrogens is 380 g/mol. The van der Waals surface area contributed by atoms with E-state index in [0.717, 1.165) is 10.9 Å². The van der Waals surface area contributed by atoms with E-state index in [2.05, 4.69) is 41.9 Å². The molecule has 4 rings (SSSR count). The minimum absolute atomic E-state index is 0.00403. The maximum absolute atomic E-state index is 12.5. The first-order valence-corrected chi connectivity index (χ1v) is 8.19. The van der Waals surface area contributed by atoms with E-state index in [1.807, 2.05) is 0 Å². The highest BCUT2D eigenvalue weighted by Crippen LogP contribution is 2.48. The van der Waals surface area contributed by atoms with Crippen molar-refractivity contribution >= 4 is 33.6 Å². The first-order valence-electron chi connectivity index (χ1n) is 7.39. The molecule has 1 aliphatic carbocycles. The molecular formula is C14H13BrN6O3. The third kappa shape index (κ3) is 2.62. The molecule has 2 heterocycles. The summed E-state index contributed by atoms with van der Waals surface area (Å²) in [4.78, 5) is 25.2. The van der Waals surface area contributed by atoms with E-state index in [-0.39, 0.29) is 11.9 Å². The summed E-state index contributed by atoms with van der Waals surface area (Å²) in [5, 5.41) is 25.8. The van der Waals surface area contributed by atoms with E-state index in [0.29, 0.717) is 29.4 Å². The Morgan fingerprint density at radius 3 is 2.88 bits per heavy atom. The van der Waals surface area contributed by atoms with Crippen molar-refractivity contribution in [3.63, 3.8) is 0 Å². The zero-order valence-electron chi connectivity index (χ0n) is 12.3. The van der Waals surface area contributed by atoms with Gasteiger partial charge >= 0.3 is 6.09 Å². The van der Waals surface area contributed by atoms with Crippen LogP contribution in [0.15, 0.2) is 22.7 Å². The van der Waals surface area contributed by atoms with Crippen LogP contribution in [-0.4, -0.2) is 54.7 Å². The van der Waals surface area contributed by atoms with Crippen LogP contribution < -0.4 is 5.32 Å². The van der Waals surface area contributed by atoms with Gasteiger partial charge in [-0.2, -0.15) is 5.21 Å². The van der Waals surface area contributed by atoms with Crippen LogP contribution in [0.4, 0.5) is 10.5 Å². The van der Waals surface area contributed by atoms with Crippen molar-refractivity contribution in [3.05, 3.63) is 22.7 Å². The van der Waals surface area contributed by atoms with Gasteiger partial charge in [-0.25, -0.2) is 4.79 Å². The zero-order valence-corrected chi connectivity index (χ0v) is 13.9. The molecule has 2 amide bonds. The third-order valence-electron chi connectivity index (χ3n) is 4.40. The number of amides is 2. The lowest BCUT2D eigenvalue weighted by molar-refractivity contribution is -0.120. The van der Waals surface area contributed by atoms with Gasteiger partial charge in [-0.15, -0.1) is 10.2 Å². The molecule has 9 nitrogen and oxygen atoms in total. The number of benzene rings is 1. The molecule has 2 fully saturated rings. The van der Waals surface area contributed by atoms with Crippen molar-refractivity contribution < 1.29 is 14.7 Å². The predicted molar refractivity (Wildman–Crippen MR) is 86.1 cm³/mol. The number of halogens is 1. The Kier molecular flexibility index (Phi) is 3.48. The molecule has 2 aliphatic rings. The molecule has 3 N–H and O–H groups in total. The highest BCUT2D eigenvalue weighted by atomic mass is 79.9. The van der Waals surface area contributed by atoms with Gasteiger partial charge < -0.3 is 10.4 Å². The molecule has 3 atom stereocenters. The number of carboxylic acid groups (broad SMARTS) is 1. The molecule has 1 aromatic heterocycles. The maximum atomic E-state index is 12.5. The standard InChI is InChI=1S/C14H13BrN6O3/c15-8-1-7(12-17-19-20-18-12)2-9(5-8)16-13(22)11-4-6-3-10(6)21(11)14(23)24/h1-2,5-6,10-11H,3-4H2,(H,16,22)(H,23,24)(H,17,18,19,20). The van der Waals surface area contributed by atoms with Gasteiger partial charge in [0.25, 0.3) is 0 Å². The maximum Gasteiger partial charge on any atom is 0.408 e. The van der Waals surface area contributed by atoms with Gasteiger partial charge in [-0.05, 0) is 42.2 Å². The Morgan fingerprint density at radius 1 is 1.33 bits per heavy atom. The summed E-state index contributed by atoms with van der Waals surface area (Å²) in [7, 11) is 0. The smallest absolute Gasteiger partial charge is 0.408 e. The summed E-state index contributed by atoms with van der Waals surface area (Å²) in [6, 6.07) is 4.61. The summed E-state index contributed by atoms with van der Waals surface area (Å²) in [5.74, 6) is 0.400. The number of rotatable bonds is 3. The minimum atomic E-state index is -1.04. The van der Waals surface area contributed by atoms with Crippen molar-refractivity contribution in [3.8, 4) is 11.4 Å². The molecule has 1 saturated carbocycles. The highest BCUT2D eigenvalue weighted by Gasteiger charge is 2.56. The second-order valence-corrected chi connectivity index (χ2v) is 6.87. The first kappa shape index (κ1) is 15.1. The number of piperidine rings is 1. The Bertz CT molecular complexity index is 811. The number of hydrogen-bond donors (Lipinski definition) is 3. The average molecular weight is 393 g/mol. The molecule has 1 saturated heterocycles. The molecule has 124 valence electrons. The van der Waals surface area contributed by atoms with Gasteiger partial charge in [0.15, 0.2) is 0 Å². The molecule has 3 unspecified atom stereocenters. The van der Waals surface area contributed by atoms with Gasteiger partial charge in [-0.1, -0.05) is 15.9 Å². The molecule has 0 spiro atoms. The number of aromatic amines is 1. The fourth-order valence-corrected chi connectivity index (χ4v) is 3.76. The molecule has 0 radical (unpaired) electrons. The van der Waals surface area contributed by atoms with Crippen LogP contribution in [0.2, 0.25) is 0 Å². The summed E-state index contributed by atoms with van der Waals surface area (Å²) in [6.07, 6.45) is 0.394. The Hall–Kier alpha value is -2.49. The van der Waals surface area contributed by atoms with E-state index in [1.54, 1.807) is 18.2 Å². The van der Waals surface area contributed by atoms with Gasteiger partial charge in [0.05, 0.1) is 0 Å². The molecule has 1 aliphatic heterocycles. The van der Waals surface area contributed by atoms with Crippen LogP contribution in [0.25, 0.3) is 11.4 Å². The first-order chi connectivity index (χ1) is 11.5. The van der Waals surface area contributed by atoms with Crippen molar-refractivity contribution in [2.24, 2.45) is 5.92 Å². The minimum Gasteiger partial charge on any atom is -0.465 e. The average Bonchev–Trinajstić information content (AvgIpc) is 2.98. The van der Waals surface area contributed by atoms with E-state index >= 15 is 0 Å². The fraction of sp³-hybridized carbons (Fsp3) is 0.357. The molecule has 2 aromatic rings. The fourth-order valence-electron chi connectivity index (χ4n) is 3.27. The Balaban J connectivity index is 1.55. The number of anilines is 1. The number of carbonyl (C=O) groups is 2. The number of hydrogen-bond acceptors (Lipinski definition) is 5. The van der Waals surface area contributed by atoms with Gasteiger partial charge in [0.2, 0.25) is 11.7 Å². The van der Waals surface area contributed by atoms with Crippen LogP contribution in [0.3, 0.4) is 0 Å². The lowest BCUT2D eigenvalue weighted by Gasteiger charge is -2.23. The lowest BCUT2D eigenvalue weighted by atomic mass is 10.1. The normalized spacial score (nSPS) is 24.5. The quantitative estimate of drug-likeness (QED) is 0.729. The van der Waals surface area contributed by atoms with Crippen LogP contribution >= 0.6 is 15.9 Å². The summed E-state index contributed by atoms with van der Waals surface area (Å²) >= 11 is 3.38. The van der Waals surface area contributed by atoms with Crippen LogP contribution in [0.5, 0.6) is 0 Å². The molecule has 10 heteroatoms. The lowest BCUT2D eigenvalue weighted by Crippen LogP contribution is -2.44. The van der Waals surface area contributed by atoms with E-state index in [9.17, 15) is 14.7 Å². The third-order valence-corrected chi connectivity index (χ3v) is 4.85. The molecule has 0 bridgehead atoms. The summed E-state index contributed by atoms with van der Waals surface area (Å²) < 4.78 is 0.740. The summed E-state index contributed by atoms with van der Waals surface area (Å²) in [5.41, 5.74) is 1.22. The van der Waals surface area contributed by atoms with Gasteiger partial charge in [-0.3, -0.25) is 9.69 Å². The number of likely N-dealkylation sites (tertiary alicyclic amines) is 1. The monoisotopic (exact) mass is 392 g/mol. The number of tetrazole rings is 1. The van der Waals surface area contributed by atoms with E-state index < -0.39 is 12.1 Å². The van der Waals surface area contributed by atoms with Crippen LogP contribution in [0, 0.1) is 5.92 Å². The number of nitrogens with zero attached hydrogens (tertiary/aromatic N) is 4. The molecule has 24 heavy (non-hydrogen) atoms. The van der Waals surface area contributed by atoms with Crippen molar-refractivity contribution in [1.29, 1.82) is 0 Å². The topological polar surface area (TPSA) is 124 Å². The van der Waals surface area contributed by atoms with Crippen molar-refractivity contribution in [1.82, 2.24) is 25.5 Å². The zero-order chi connectivity index (χ0) is 16.8. The van der Waals surface area contributed by atoms with Crippen LogP contribution in [-0.2, 0) is 4.79 Å². The largest absolute Gasteiger partial charge is 0.465 e. The second-order valence-electron chi connectivity index (χ2n) is 5.96. The number of H-pyrrole nitrogens is 1. The van der Waals surface area contributed by atoms with Gasteiger partial charge in [0, 0.05) is 21.8 Å². The number of carbonyl (C=O) groups excluding carboxylic acids is 1. The summed E-state index contributed by atoms with van der Waals surface area (Å²) in [6.45, 7) is 0. The van der Waals surface area contributed by atoms with Gasteiger partial charge in [0.1, 0.15) is 6.04 Å². The van der Waals surface area contributed by atoms with E-state index in [1.165, 1.54) is 4.90 Å². The number of nitrogens with one attached hydrogen (secondary N) is 2. The SMILES string of the molecule is O=C(Nc1cc(Br)cc(-c2nn[nH]n2)c1)C1CC2CC2N1C(=O)O. The second kappa shape index (κ2) is 5.55. The van der Waals surface area contributed by atoms with Crippen LogP contribution in [0.1, 0.15) is 12.8 Å². The highest BCUT2D eigenvalue weighted by molar-refractivity contribution is 9.10. The van der Waals surface area contributed by atoms with Crippen molar-refractivity contribution in [2.45, 2.75) is 24.9 Å². The predicted octanol–water partition coefficient (Wildman–Crippen LogP) is 1.71. The number of fused-ring (bicyclic) bond motifs is 1.